The number of Topliss-reactive ketones (excluding diaryl/α,β-unsaturated/α-hetero) is 1. The maximum absolute atomic E-state index is 11.6. The van der Waals surface area contributed by atoms with Gasteiger partial charge in [-0.05, 0) is 45.0 Å². The van der Waals surface area contributed by atoms with Crippen LogP contribution in [0.4, 0.5) is 5.69 Å². The van der Waals surface area contributed by atoms with Gasteiger partial charge in [-0.15, -0.1) is 0 Å². The molecule has 1 rings (SSSR count). The van der Waals surface area contributed by atoms with E-state index in [9.17, 15) is 9.59 Å². The Morgan fingerprint density at radius 1 is 1.29 bits per heavy atom. The Hall–Kier alpha value is -1.84. The highest BCUT2D eigenvalue weighted by Crippen LogP contribution is 2.16. The van der Waals surface area contributed by atoms with Crippen LogP contribution in [0, 0.1) is 5.92 Å². The number of ketones is 1. The van der Waals surface area contributed by atoms with Crippen LogP contribution < -0.4 is 10.1 Å². The molecule has 0 spiro atoms. The normalized spacial score (nSPS) is 11.7. The quantitative estimate of drug-likeness (QED) is 0.796. The fourth-order valence-corrected chi connectivity index (χ4v) is 1.24. The van der Waals surface area contributed by atoms with E-state index in [4.69, 9.17) is 4.74 Å². The van der Waals surface area contributed by atoms with E-state index in [1.807, 2.05) is 6.92 Å². The number of hydrogen-bond donors (Lipinski definition) is 1. The molecule has 0 aromatic heterocycles. The Morgan fingerprint density at radius 3 is 2.35 bits per heavy atom. The fraction of sp³-hybridized carbons (Fsp3) is 0.385. The van der Waals surface area contributed by atoms with E-state index in [0.29, 0.717) is 12.3 Å². The summed E-state index contributed by atoms with van der Waals surface area (Å²) in [6.07, 6.45) is 0. The molecular weight excluding hydrogens is 218 g/mol. The lowest BCUT2D eigenvalue weighted by molar-refractivity contribution is -0.129. The predicted molar refractivity (Wildman–Crippen MR) is 66.1 cm³/mol. The highest BCUT2D eigenvalue weighted by atomic mass is 16.5. The standard InChI is InChI=1S/C13H17NO3/c1-4-17-12-7-5-11(6-8-12)14-13(16)9(2)10(3)15/h5-9H,4H2,1-3H3,(H,14,16). The van der Waals surface area contributed by atoms with Crippen molar-refractivity contribution in [3.8, 4) is 5.75 Å². The second-order valence-corrected chi connectivity index (χ2v) is 3.78. The zero-order valence-electron chi connectivity index (χ0n) is 10.3. The van der Waals surface area contributed by atoms with Crippen molar-refractivity contribution in [2.24, 2.45) is 5.92 Å². The summed E-state index contributed by atoms with van der Waals surface area (Å²) in [5.41, 5.74) is 0.659. The number of rotatable bonds is 5. The summed E-state index contributed by atoms with van der Waals surface area (Å²) >= 11 is 0. The van der Waals surface area contributed by atoms with E-state index in [0.717, 1.165) is 5.75 Å². The van der Waals surface area contributed by atoms with Crippen molar-refractivity contribution >= 4 is 17.4 Å². The topological polar surface area (TPSA) is 55.4 Å². The predicted octanol–water partition coefficient (Wildman–Crippen LogP) is 2.25. The maximum Gasteiger partial charge on any atom is 0.234 e. The number of amides is 1. The average Bonchev–Trinajstić information content (AvgIpc) is 2.30. The minimum atomic E-state index is -0.624. The summed E-state index contributed by atoms with van der Waals surface area (Å²) in [6.45, 7) is 5.51. The first-order valence-electron chi connectivity index (χ1n) is 5.58. The molecule has 92 valence electrons. The van der Waals surface area contributed by atoms with E-state index in [2.05, 4.69) is 5.32 Å². The molecule has 0 aliphatic carbocycles. The number of benzene rings is 1. The summed E-state index contributed by atoms with van der Waals surface area (Å²) in [7, 11) is 0. The van der Waals surface area contributed by atoms with Crippen LogP contribution in [0.1, 0.15) is 20.8 Å². The highest BCUT2D eigenvalue weighted by molar-refractivity contribution is 6.06. The zero-order valence-corrected chi connectivity index (χ0v) is 10.3. The molecule has 1 aromatic rings. The van der Waals surface area contributed by atoms with Gasteiger partial charge >= 0.3 is 0 Å². The van der Waals surface area contributed by atoms with Crippen LogP contribution in [-0.4, -0.2) is 18.3 Å². The van der Waals surface area contributed by atoms with Crippen LogP contribution in [0.5, 0.6) is 5.75 Å². The Balaban J connectivity index is 2.63. The summed E-state index contributed by atoms with van der Waals surface area (Å²) < 4.78 is 5.28. The van der Waals surface area contributed by atoms with E-state index in [-0.39, 0.29) is 11.7 Å². The molecule has 0 aliphatic rings. The first kappa shape index (κ1) is 13.2. The van der Waals surface area contributed by atoms with E-state index >= 15 is 0 Å². The van der Waals surface area contributed by atoms with Crippen LogP contribution in [0.3, 0.4) is 0 Å². The lowest BCUT2D eigenvalue weighted by Gasteiger charge is -2.10. The van der Waals surface area contributed by atoms with Crippen molar-refractivity contribution in [3.63, 3.8) is 0 Å². The fourth-order valence-electron chi connectivity index (χ4n) is 1.24. The molecule has 1 unspecified atom stereocenters. The molecule has 0 aliphatic heterocycles. The zero-order chi connectivity index (χ0) is 12.8. The van der Waals surface area contributed by atoms with Gasteiger partial charge in [0.15, 0.2) is 0 Å². The highest BCUT2D eigenvalue weighted by Gasteiger charge is 2.17. The van der Waals surface area contributed by atoms with Crippen LogP contribution >= 0.6 is 0 Å². The Bertz CT molecular complexity index is 398. The Kier molecular flexibility index (Phi) is 4.69. The Morgan fingerprint density at radius 2 is 1.88 bits per heavy atom. The van der Waals surface area contributed by atoms with Crippen molar-refractivity contribution < 1.29 is 14.3 Å². The Labute approximate surface area is 101 Å². The SMILES string of the molecule is CCOc1ccc(NC(=O)C(C)C(C)=O)cc1. The molecule has 1 atom stereocenters. The maximum atomic E-state index is 11.6. The van der Waals surface area contributed by atoms with E-state index < -0.39 is 5.92 Å². The molecule has 0 fully saturated rings. The second kappa shape index (κ2) is 6.03. The molecule has 1 aromatic carbocycles. The molecular formula is C13H17NO3. The molecule has 0 radical (unpaired) electrons. The summed E-state index contributed by atoms with van der Waals surface area (Å²) in [6, 6.07) is 7.04. The summed E-state index contributed by atoms with van der Waals surface area (Å²) in [4.78, 5) is 22.6. The van der Waals surface area contributed by atoms with Crippen LogP contribution in [0.2, 0.25) is 0 Å². The van der Waals surface area contributed by atoms with Crippen molar-refractivity contribution in [1.82, 2.24) is 0 Å². The van der Waals surface area contributed by atoms with Crippen LogP contribution in [0.25, 0.3) is 0 Å². The number of hydrogen-bond acceptors (Lipinski definition) is 3. The van der Waals surface area contributed by atoms with Crippen molar-refractivity contribution in [2.45, 2.75) is 20.8 Å². The van der Waals surface area contributed by atoms with Crippen molar-refractivity contribution in [1.29, 1.82) is 0 Å². The van der Waals surface area contributed by atoms with Gasteiger partial charge in [0.05, 0.1) is 12.5 Å². The van der Waals surface area contributed by atoms with Gasteiger partial charge in [0.1, 0.15) is 11.5 Å². The number of nitrogens with one attached hydrogen (secondary N) is 1. The molecule has 0 saturated heterocycles. The third-order valence-electron chi connectivity index (χ3n) is 2.44. The van der Waals surface area contributed by atoms with Crippen molar-refractivity contribution in [2.75, 3.05) is 11.9 Å². The average molecular weight is 235 g/mol. The molecule has 17 heavy (non-hydrogen) atoms. The van der Waals surface area contributed by atoms with Gasteiger partial charge in [-0.3, -0.25) is 9.59 Å². The van der Waals surface area contributed by atoms with Gasteiger partial charge in [-0.1, -0.05) is 0 Å². The molecule has 1 N–H and O–H groups in total. The van der Waals surface area contributed by atoms with E-state index in [1.165, 1.54) is 6.92 Å². The van der Waals surface area contributed by atoms with Crippen molar-refractivity contribution in [3.05, 3.63) is 24.3 Å². The molecule has 4 heteroatoms. The first-order chi connectivity index (χ1) is 8.04. The second-order valence-electron chi connectivity index (χ2n) is 3.78. The molecule has 1 amide bonds. The molecule has 0 saturated carbocycles. The molecule has 0 bridgehead atoms. The largest absolute Gasteiger partial charge is 0.494 e. The molecule has 4 nitrogen and oxygen atoms in total. The number of carbonyl (C=O) groups is 2. The van der Waals surface area contributed by atoms with Gasteiger partial charge in [0.2, 0.25) is 5.91 Å². The van der Waals surface area contributed by atoms with E-state index in [1.54, 1.807) is 31.2 Å². The van der Waals surface area contributed by atoms with Gasteiger partial charge in [-0.25, -0.2) is 0 Å². The summed E-state index contributed by atoms with van der Waals surface area (Å²) in [5, 5.41) is 2.68. The van der Waals surface area contributed by atoms with Gasteiger partial charge in [-0.2, -0.15) is 0 Å². The van der Waals surface area contributed by atoms with Crippen LogP contribution in [-0.2, 0) is 9.59 Å². The third kappa shape index (κ3) is 3.90. The van der Waals surface area contributed by atoms with Gasteiger partial charge in [0.25, 0.3) is 0 Å². The minimum absolute atomic E-state index is 0.145. The monoisotopic (exact) mass is 235 g/mol. The molecule has 0 heterocycles. The number of carbonyl (C=O) groups excluding carboxylic acids is 2. The lowest BCUT2D eigenvalue weighted by atomic mass is 10.1. The number of ether oxygens (including phenoxy) is 1. The van der Waals surface area contributed by atoms with Gasteiger partial charge in [0, 0.05) is 5.69 Å². The minimum Gasteiger partial charge on any atom is -0.494 e. The number of anilines is 1. The first-order valence-corrected chi connectivity index (χ1v) is 5.58. The summed E-state index contributed by atoms with van der Waals surface area (Å²) in [5.74, 6) is -0.304. The third-order valence-corrected chi connectivity index (χ3v) is 2.44. The van der Waals surface area contributed by atoms with Gasteiger partial charge < -0.3 is 10.1 Å². The smallest absolute Gasteiger partial charge is 0.234 e. The van der Waals surface area contributed by atoms with Crippen LogP contribution in [0.15, 0.2) is 24.3 Å². The lowest BCUT2D eigenvalue weighted by Crippen LogP contribution is -2.25.